The molecule has 2 N–H and O–H groups in total. The highest BCUT2D eigenvalue weighted by Gasteiger charge is 2.19. The van der Waals surface area contributed by atoms with Crippen molar-refractivity contribution in [2.75, 3.05) is 24.3 Å². The summed E-state index contributed by atoms with van der Waals surface area (Å²) in [7, 11) is 1.72. The zero-order chi connectivity index (χ0) is 22.0. The maximum atomic E-state index is 9.53. The lowest BCUT2D eigenvalue weighted by atomic mass is 10.0. The van der Waals surface area contributed by atoms with Crippen molar-refractivity contribution in [1.82, 2.24) is 19.7 Å². The van der Waals surface area contributed by atoms with Crippen molar-refractivity contribution < 1.29 is 4.74 Å². The second-order valence-corrected chi connectivity index (χ2v) is 8.34. The van der Waals surface area contributed by atoms with Crippen molar-refractivity contribution >= 4 is 17.5 Å². The number of fused-ring (bicyclic) bond motifs is 1. The summed E-state index contributed by atoms with van der Waals surface area (Å²) < 4.78 is 7.44. The van der Waals surface area contributed by atoms with Gasteiger partial charge in [-0.15, -0.1) is 0 Å². The van der Waals surface area contributed by atoms with E-state index in [0.29, 0.717) is 18.1 Å². The zero-order valence-corrected chi connectivity index (χ0v) is 18.4. The molecule has 0 saturated carbocycles. The maximum Gasteiger partial charge on any atom is 0.228 e. The minimum absolute atomic E-state index is 0.228. The van der Waals surface area contributed by atoms with E-state index in [0.717, 1.165) is 53.4 Å². The monoisotopic (exact) mass is 417 g/mol. The van der Waals surface area contributed by atoms with Gasteiger partial charge in [-0.2, -0.15) is 10.4 Å². The lowest BCUT2D eigenvalue weighted by Crippen LogP contribution is -2.25. The smallest absolute Gasteiger partial charge is 0.228 e. The lowest BCUT2D eigenvalue weighted by Gasteiger charge is -2.23. The van der Waals surface area contributed by atoms with E-state index in [-0.39, 0.29) is 5.60 Å². The molecule has 0 saturated heterocycles. The van der Waals surface area contributed by atoms with Gasteiger partial charge in [-0.25, -0.2) is 14.6 Å². The summed E-state index contributed by atoms with van der Waals surface area (Å²) in [5, 5.41) is 20.7. The Labute approximate surface area is 182 Å². The number of benzene rings is 1. The molecular formula is C23H27N7O. The summed E-state index contributed by atoms with van der Waals surface area (Å²) in [4.78, 5) is 9.08. The Morgan fingerprint density at radius 3 is 2.94 bits per heavy atom. The van der Waals surface area contributed by atoms with Crippen LogP contribution in [0.5, 0.6) is 0 Å². The van der Waals surface area contributed by atoms with Gasteiger partial charge in [-0.1, -0.05) is 0 Å². The summed E-state index contributed by atoms with van der Waals surface area (Å²) in [6.45, 7) is 7.64. The molecule has 3 heterocycles. The minimum atomic E-state index is -0.228. The Hall–Kier alpha value is -3.44. The number of rotatable bonds is 7. The molecule has 160 valence electrons. The van der Waals surface area contributed by atoms with Crippen LogP contribution in [0.4, 0.5) is 17.5 Å². The van der Waals surface area contributed by atoms with Crippen LogP contribution in [0.3, 0.4) is 0 Å². The molecule has 0 fully saturated rings. The molecule has 8 heteroatoms. The number of aryl methyl sites for hydroxylation is 2. The Kier molecular flexibility index (Phi) is 5.61. The van der Waals surface area contributed by atoms with Crippen LogP contribution in [0.2, 0.25) is 0 Å². The molecule has 2 aromatic heterocycles. The second-order valence-electron chi connectivity index (χ2n) is 8.34. The number of hydrogen-bond donors (Lipinski definition) is 2. The molecule has 0 bridgehead atoms. The van der Waals surface area contributed by atoms with Crippen LogP contribution in [0, 0.1) is 18.3 Å². The fourth-order valence-electron chi connectivity index (χ4n) is 3.65. The van der Waals surface area contributed by atoms with Gasteiger partial charge in [-0.05, 0) is 57.4 Å². The van der Waals surface area contributed by atoms with E-state index in [1.165, 1.54) is 0 Å². The van der Waals surface area contributed by atoms with E-state index in [1.807, 2.05) is 29.8 Å². The number of nitriles is 1. The largest absolute Gasteiger partial charge is 0.383 e. The van der Waals surface area contributed by atoms with Gasteiger partial charge in [0.15, 0.2) is 0 Å². The Balaban J connectivity index is 1.59. The first-order valence-electron chi connectivity index (χ1n) is 10.4. The molecule has 0 unspecified atom stereocenters. The molecule has 4 rings (SSSR count). The van der Waals surface area contributed by atoms with Gasteiger partial charge >= 0.3 is 0 Å². The number of methoxy groups -OCH3 is 1. The average Bonchev–Trinajstić information content (AvgIpc) is 3.38. The molecule has 0 amide bonds. The standard InChI is InChI=1S/C23H27N7O/c1-15-11-20(30(29-15)10-7-23(2,3)31-4)28-22-26-9-6-19(27-22)17-12-16-5-8-25-21(16)18(13-17)14-24/h6,9,11-13,25H,5,7-8,10H2,1-4H3,(H,26,27,28). The molecule has 8 nitrogen and oxygen atoms in total. The van der Waals surface area contributed by atoms with Crippen molar-refractivity contribution in [3.05, 3.63) is 47.3 Å². The molecule has 1 aromatic carbocycles. The fourth-order valence-corrected chi connectivity index (χ4v) is 3.65. The number of anilines is 3. The Morgan fingerprint density at radius 1 is 1.32 bits per heavy atom. The molecule has 1 aliphatic rings. The second kappa shape index (κ2) is 8.36. The summed E-state index contributed by atoms with van der Waals surface area (Å²) in [5.74, 6) is 1.32. The molecule has 0 radical (unpaired) electrons. The predicted molar refractivity (Wildman–Crippen MR) is 120 cm³/mol. The third-order valence-corrected chi connectivity index (χ3v) is 5.61. The molecule has 31 heavy (non-hydrogen) atoms. The number of hydrogen-bond acceptors (Lipinski definition) is 7. The number of ether oxygens (including phenoxy) is 1. The van der Waals surface area contributed by atoms with E-state index >= 15 is 0 Å². The first kappa shape index (κ1) is 20.8. The summed E-state index contributed by atoms with van der Waals surface area (Å²) in [6, 6.07) is 10.1. The number of nitrogens with one attached hydrogen (secondary N) is 2. The van der Waals surface area contributed by atoms with Crippen molar-refractivity contribution in [2.24, 2.45) is 0 Å². The first-order chi connectivity index (χ1) is 14.9. The predicted octanol–water partition coefficient (Wildman–Crippen LogP) is 4.05. The van der Waals surface area contributed by atoms with Gasteiger partial charge in [0, 0.05) is 38.0 Å². The first-order valence-corrected chi connectivity index (χ1v) is 10.4. The summed E-state index contributed by atoms with van der Waals surface area (Å²) >= 11 is 0. The molecule has 0 spiro atoms. The van der Waals surface area contributed by atoms with Crippen LogP contribution < -0.4 is 10.6 Å². The fraction of sp³-hybridized carbons (Fsp3) is 0.391. The molecule has 0 aliphatic carbocycles. The quantitative estimate of drug-likeness (QED) is 0.598. The van der Waals surface area contributed by atoms with Crippen LogP contribution >= 0.6 is 0 Å². The van der Waals surface area contributed by atoms with Crippen LogP contribution in [0.15, 0.2) is 30.5 Å². The van der Waals surface area contributed by atoms with Gasteiger partial charge in [-0.3, -0.25) is 0 Å². The highest BCUT2D eigenvalue weighted by molar-refractivity contribution is 5.74. The highest BCUT2D eigenvalue weighted by atomic mass is 16.5. The van der Waals surface area contributed by atoms with Crippen LogP contribution in [-0.4, -0.2) is 39.0 Å². The maximum absolute atomic E-state index is 9.53. The van der Waals surface area contributed by atoms with Crippen molar-refractivity contribution in [3.63, 3.8) is 0 Å². The molecular weight excluding hydrogens is 390 g/mol. The minimum Gasteiger partial charge on any atom is -0.383 e. The number of aromatic nitrogens is 4. The van der Waals surface area contributed by atoms with E-state index in [4.69, 9.17) is 9.72 Å². The van der Waals surface area contributed by atoms with Crippen LogP contribution in [0.1, 0.15) is 37.1 Å². The lowest BCUT2D eigenvalue weighted by molar-refractivity contribution is 0.0114. The summed E-state index contributed by atoms with van der Waals surface area (Å²) in [5.41, 5.74) is 5.11. The Morgan fingerprint density at radius 2 is 2.16 bits per heavy atom. The van der Waals surface area contributed by atoms with Crippen LogP contribution in [0.25, 0.3) is 11.3 Å². The van der Waals surface area contributed by atoms with E-state index in [1.54, 1.807) is 13.3 Å². The van der Waals surface area contributed by atoms with Crippen molar-refractivity contribution in [3.8, 4) is 17.3 Å². The average molecular weight is 418 g/mol. The topological polar surface area (TPSA) is 101 Å². The van der Waals surface area contributed by atoms with Crippen LogP contribution in [-0.2, 0) is 17.7 Å². The molecule has 3 aromatic rings. The van der Waals surface area contributed by atoms with Gasteiger partial charge in [0.25, 0.3) is 0 Å². The van der Waals surface area contributed by atoms with E-state index < -0.39 is 0 Å². The normalized spacial score (nSPS) is 12.9. The van der Waals surface area contributed by atoms with Crippen molar-refractivity contribution in [2.45, 2.75) is 45.8 Å². The zero-order valence-electron chi connectivity index (χ0n) is 18.4. The van der Waals surface area contributed by atoms with E-state index in [2.05, 4.69) is 46.7 Å². The molecule has 1 aliphatic heterocycles. The Bertz CT molecular complexity index is 1140. The summed E-state index contributed by atoms with van der Waals surface area (Å²) in [6.07, 6.45) is 3.45. The third-order valence-electron chi connectivity index (χ3n) is 5.61. The molecule has 0 atom stereocenters. The SMILES string of the molecule is COC(C)(C)CCn1nc(C)cc1Nc1nccc(-c2cc(C#N)c3c(c2)CCN3)n1. The number of nitrogens with zero attached hydrogens (tertiary/aromatic N) is 5. The van der Waals surface area contributed by atoms with Gasteiger partial charge in [0.05, 0.1) is 28.2 Å². The van der Waals surface area contributed by atoms with Gasteiger partial charge in [0.2, 0.25) is 5.95 Å². The highest BCUT2D eigenvalue weighted by Crippen LogP contribution is 2.32. The van der Waals surface area contributed by atoms with Crippen molar-refractivity contribution in [1.29, 1.82) is 5.26 Å². The van der Waals surface area contributed by atoms with E-state index in [9.17, 15) is 5.26 Å². The van der Waals surface area contributed by atoms with Gasteiger partial charge in [0.1, 0.15) is 11.9 Å². The van der Waals surface area contributed by atoms with Gasteiger partial charge < -0.3 is 15.4 Å². The third kappa shape index (κ3) is 4.52.